The Kier molecular flexibility index (Phi) is 28.1. The molecule has 366 valence electrons. The number of nitrogens with two attached hydrogens (primary N) is 1. The van der Waals surface area contributed by atoms with E-state index in [9.17, 15) is 43.3 Å². The highest BCUT2D eigenvalue weighted by Crippen LogP contribution is 2.20. The van der Waals surface area contributed by atoms with Gasteiger partial charge in [-0.2, -0.15) is 42.3 Å². The molecule has 28 heteroatoms. The quantitative estimate of drug-likeness (QED) is 0.132. The molecule has 65 heavy (non-hydrogen) atoms. The number of nitroso groups, excluding NO2 is 1. The Bertz CT molecular complexity index is 2260. The first kappa shape index (κ1) is 59.0. The number of aliphatic hydroxyl groups is 1. The molecule has 22 nitrogen and oxygen atoms in total. The van der Waals surface area contributed by atoms with Crippen LogP contribution in [-0.2, 0) is 77.7 Å². The topological polar surface area (TPSA) is 314 Å². The van der Waals surface area contributed by atoms with E-state index in [2.05, 4.69) is 15.4 Å². The number of halogens is 2. The van der Waals surface area contributed by atoms with Crippen molar-refractivity contribution in [1.29, 1.82) is 0 Å². The molecule has 0 aliphatic carbocycles. The standard InChI is InChI=1S/C15H22N2O5S.C8H8ClNO4S.C7H16N2O3S.C7H8O.ClNO3S/c1-21-11-14-7-9-17(10-8-14)23(19,20)16-15(18)22-12-13-5-3-2-4-6-13;9-15(12,13)10-8(11)14-6-7-4-2-1-3-5-7;1-12-6-7-2-4-9(5-3-7)13(8,10)11;8-6-7-4-2-1-3-5-7;1-6(4,5)2-3/h2-6,14H,7-12H2,1H3,(H,16,18);1-5H,6H2,(H,10,11);7H,2-6H2,1H3,(H2,8,10,11);1-5,8H,6H2;. The maximum Gasteiger partial charge on any atom is 0.422 e. The molecule has 3 aromatic carbocycles. The average molecular weight is 1040 g/mol. The van der Waals surface area contributed by atoms with Gasteiger partial charge in [-0.3, -0.25) is 0 Å². The third-order valence-corrected chi connectivity index (χ3v) is 12.2. The number of hydrogen-bond acceptors (Lipinski definition) is 16. The number of methoxy groups -OCH3 is 2. The number of nitrogens with one attached hydrogen (secondary N) is 2. The summed E-state index contributed by atoms with van der Waals surface area (Å²) in [5.41, 5.74) is 2.51. The third-order valence-electron chi connectivity index (χ3n) is 8.61. The molecule has 0 spiro atoms. The van der Waals surface area contributed by atoms with Gasteiger partial charge in [0.1, 0.15) is 13.2 Å². The van der Waals surface area contributed by atoms with Crippen LogP contribution in [0.15, 0.2) is 95.6 Å². The van der Waals surface area contributed by atoms with Gasteiger partial charge >= 0.3 is 40.9 Å². The Labute approximate surface area is 389 Å². The van der Waals surface area contributed by atoms with Crippen molar-refractivity contribution >= 4 is 72.4 Å². The van der Waals surface area contributed by atoms with Gasteiger partial charge < -0.3 is 24.1 Å². The minimum Gasteiger partial charge on any atom is -0.444 e. The van der Waals surface area contributed by atoms with Crippen LogP contribution in [-0.4, -0.2) is 113 Å². The van der Waals surface area contributed by atoms with Crippen LogP contribution in [0.4, 0.5) is 9.59 Å². The molecule has 3 aromatic rings. The zero-order valence-corrected chi connectivity index (χ0v) is 40.2. The zero-order valence-electron chi connectivity index (χ0n) is 35.4. The number of ether oxygens (including phenoxy) is 4. The number of carbonyl (C=O) groups is 2. The highest BCUT2D eigenvalue weighted by Gasteiger charge is 2.30. The first-order valence-electron chi connectivity index (χ1n) is 19.1. The van der Waals surface area contributed by atoms with Gasteiger partial charge in [-0.05, 0) is 54.2 Å². The number of benzene rings is 3. The molecule has 0 atom stereocenters. The Balaban J connectivity index is 0.000000438. The lowest BCUT2D eigenvalue weighted by atomic mass is 9.99. The van der Waals surface area contributed by atoms with E-state index in [0.29, 0.717) is 64.1 Å². The molecule has 5 rings (SSSR count). The van der Waals surface area contributed by atoms with E-state index in [1.165, 1.54) is 17.9 Å². The van der Waals surface area contributed by atoms with Crippen LogP contribution in [0, 0.1) is 16.7 Å². The Morgan fingerprint density at radius 1 is 0.646 bits per heavy atom. The molecule has 0 aromatic heterocycles. The van der Waals surface area contributed by atoms with E-state index in [4.69, 9.17) is 40.0 Å². The monoisotopic (exact) mass is 1040 g/mol. The molecule has 2 fully saturated rings. The molecule has 2 heterocycles. The molecule has 5 N–H and O–H groups in total. The van der Waals surface area contributed by atoms with Gasteiger partial charge in [0.05, 0.1) is 11.2 Å². The van der Waals surface area contributed by atoms with Crippen LogP contribution in [0.2, 0.25) is 0 Å². The summed E-state index contributed by atoms with van der Waals surface area (Å²) in [6.45, 7) is 3.27. The molecule has 0 radical (unpaired) electrons. The highest BCUT2D eigenvalue weighted by atomic mass is 35.7. The van der Waals surface area contributed by atoms with Crippen LogP contribution in [0.3, 0.4) is 0 Å². The van der Waals surface area contributed by atoms with Gasteiger partial charge in [-0.15, -0.1) is 4.91 Å². The van der Waals surface area contributed by atoms with Crippen LogP contribution >= 0.6 is 21.4 Å². The van der Waals surface area contributed by atoms with E-state index < -0.39 is 51.1 Å². The summed E-state index contributed by atoms with van der Waals surface area (Å²) in [4.78, 5) is 31.4. The van der Waals surface area contributed by atoms with Crippen molar-refractivity contribution in [3.8, 4) is 0 Å². The predicted molar refractivity (Wildman–Crippen MR) is 242 cm³/mol. The maximum absolute atomic E-state index is 12.2. The number of piperidine rings is 2. The van der Waals surface area contributed by atoms with E-state index in [1.54, 1.807) is 50.6 Å². The summed E-state index contributed by atoms with van der Waals surface area (Å²) < 4.78 is 113. The fourth-order valence-corrected chi connectivity index (χ4v) is 7.73. The molecular formula is C37H54Cl2N6O16S4. The van der Waals surface area contributed by atoms with Crippen LogP contribution in [0.25, 0.3) is 0 Å². The summed E-state index contributed by atoms with van der Waals surface area (Å²) in [5.74, 6) is 0.833. The fourth-order valence-electron chi connectivity index (χ4n) is 5.48. The second-order valence-electron chi connectivity index (χ2n) is 13.5. The molecule has 2 amide bonds. The van der Waals surface area contributed by atoms with Crippen molar-refractivity contribution in [3.05, 3.63) is 113 Å². The van der Waals surface area contributed by atoms with E-state index in [-0.39, 0.29) is 19.8 Å². The van der Waals surface area contributed by atoms with Crippen molar-refractivity contribution in [3.63, 3.8) is 0 Å². The normalized spacial score (nSPS) is 15.0. The SMILES string of the molecule is COCC1CCN(S(=O)(=O)NC(=O)OCc2ccccc2)CC1.COCC1CCN(S(N)(=O)=O)CC1.O=C(NS(=O)(=O)Cl)OCc1ccccc1.O=NS(=O)(=O)Cl.OCc1ccccc1. The third kappa shape index (κ3) is 29.3. The van der Waals surface area contributed by atoms with Crippen molar-refractivity contribution in [2.24, 2.45) is 21.6 Å². The van der Waals surface area contributed by atoms with Crippen molar-refractivity contribution in [2.75, 3.05) is 53.6 Å². The lowest BCUT2D eigenvalue weighted by Crippen LogP contribution is -2.47. The van der Waals surface area contributed by atoms with Gasteiger partial charge in [0.15, 0.2) is 0 Å². The number of carbonyl (C=O) groups excluding carboxylic acids is 2. The lowest BCUT2D eigenvalue weighted by molar-refractivity contribution is 0.120. The van der Waals surface area contributed by atoms with E-state index >= 15 is 0 Å². The van der Waals surface area contributed by atoms with E-state index in [1.807, 2.05) is 59.3 Å². The van der Waals surface area contributed by atoms with Crippen LogP contribution in [0.5, 0.6) is 0 Å². The van der Waals surface area contributed by atoms with Crippen LogP contribution in [0.1, 0.15) is 42.4 Å². The summed E-state index contributed by atoms with van der Waals surface area (Å²) in [5, 5.41) is 13.5. The molecule has 2 aliphatic rings. The van der Waals surface area contributed by atoms with Gasteiger partial charge in [0.25, 0.3) is 10.2 Å². The Morgan fingerprint density at radius 2 is 0.985 bits per heavy atom. The minimum absolute atomic E-state index is 0.0148. The number of hydrogen-bond donors (Lipinski definition) is 4. The van der Waals surface area contributed by atoms with Gasteiger partial charge in [0.2, 0.25) is 0 Å². The second kappa shape index (κ2) is 31.0. The van der Waals surface area contributed by atoms with Crippen molar-refractivity contribution in [1.82, 2.24) is 18.1 Å². The van der Waals surface area contributed by atoms with Crippen molar-refractivity contribution in [2.45, 2.75) is 45.5 Å². The minimum atomic E-state index is -4.12. The van der Waals surface area contributed by atoms with Gasteiger partial charge in [-0.25, -0.2) is 24.2 Å². The number of amides is 2. The summed E-state index contributed by atoms with van der Waals surface area (Å²) in [7, 11) is -3.26. The Hall–Kier alpha value is -4.06. The van der Waals surface area contributed by atoms with Gasteiger partial charge in [-0.1, -0.05) is 91.0 Å². The molecule has 2 aliphatic heterocycles. The lowest BCUT2D eigenvalue weighted by Gasteiger charge is -2.30. The van der Waals surface area contributed by atoms with Crippen molar-refractivity contribution < 1.29 is 67.3 Å². The molecule has 2 saturated heterocycles. The number of rotatable bonds is 14. The molecule has 0 saturated carbocycles. The predicted octanol–water partition coefficient (Wildman–Crippen LogP) is 3.88. The molecule has 0 bridgehead atoms. The zero-order chi connectivity index (χ0) is 48.9. The Morgan fingerprint density at radius 3 is 1.28 bits per heavy atom. The molecular weight excluding hydrogens is 984 g/mol. The average Bonchev–Trinajstić information content (AvgIpc) is 3.26. The molecule has 0 unspecified atom stereocenters. The summed E-state index contributed by atoms with van der Waals surface area (Å²) >= 11 is 0. The number of aliphatic hydroxyl groups excluding tert-OH is 1. The van der Waals surface area contributed by atoms with Crippen LogP contribution < -0.4 is 14.6 Å². The highest BCUT2D eigenvalue weighted by molar-refractivity contribution is 8.12. The largest absolute Gasteiger partial charge is 0.444 e. The van der Waals surface area contributed by atoms with E-state index in [0.717, 1.165) is 29.5 Å². The first-order chi connectivity index (χ1) is 30.5. The number of nitrogens with zero attached hydrogens (tertiary/aromatic N) is 3. The first-order valence-corrected chi connectivity index (χ1v) is 26.6. The smallest absolute Gasteiger partial charge is 0.422 e. The summed E-state index contributed by atoms with van der Waals surface area (Å²) in [6, 6.07) is 27.4. The second-order valence-corrected chi connectivity index (χ2v) is 21.2. The summed E-state index contributed by atoms with van der Waals surface area (Å²) in [6.07, 6.45) is 1.04. The fraction of sp³-hybridized carbons (Fsp3) is 0.459. The van der Waals surface area contributed by atoms with Gasteiger partial charge in [0, 0.05) is 75.0 Å². The maximum atomic E-state index is 12.2.